The van der Waals surface area contributed by atoms with Crippen LogP contribution in [0, 0.1) is 0 Å². The number of likely N-dealkylation sites (tertiary alicyclic amines) is 1. The van der Waals surface area contributed by atoms with Crippen LogP contribution in [0.15, 0.2) is 35.7 Å². The molecule has 2 heterocycles. The van der Waals surface area contributed by atoms with Crippen molar-refractivity contribution in [2.75, 3.05) is 32.5 Å². The van der Waals surface area contributed by atoms with Crippen LogP contribution >= 0.6 is 11.3 Å². The lowest BCUT2D eigenvalue weighted by Crippen LogP contribution is -2.45. The molecule has 1 atom stereocenters. The van der Waals surface area contributed by atoms with Crippen molar-refractivity contribution in [3.8, 4) is 0 Å². The molecule has 1 aliphatic heterocycles. The van der Waals surface area contributed by atoms with Crippen LogP contribution < -0.4 is 5.32 Å². The molecule has 0 spiro atoms. The standard InChI is InChI=1S/C18H24N4OS/c1-21(2)12-17-20-16(13-24-17)18(23)22-10-6-9-15(11-22)19-14-7-4-3-5-8-14/h3-5,7-8,13,15,19H,6,9-12H2,1-2H3. The summed E-state index contributed by atoms with van der Waals surface area (Å²) in [6.45, 7) is 2.32. The smallest absolute Gasteiger partial charge is 0.273 e. The Labute approximate surface area is 147 Å². The largest absolute Gasteiger partial charge is 0.381 e. The van der Waals surface area contributed by atoms with E-state index in [-0.39, 0.29) is 5.91 Å². The molecular formula is C18H24N4OS. The number of carbonyl (C=O) groups is 1. The highest BCUT2D eigenvalue weighted by Gasteiger charge is 2.25. The number of para-hydroxylation sites is 1. The number of carbonyl (C=O) groups excluding carboxylic acids is 1. The van der Waals surface area contributed by atoms with E-state index in [0.29, 0.717) is 11.7 Å². The molecule has 1 saturated heterocycles. The average molecular weight is 344 g/mol. The molecule has 24 heavy (non-hydrogen) atoms. The van der Waals surface area contributed by atoms with Crippen molar-refractivity contribution in [2.45, 2.75) is 25.4 Å². The van der Waals surface area contributed by atoms with Gasteiger partial charge < -0.3 is 15.1 Å². The summed E-state index contributed by atoms with van der Waals surface area (Å²) in [5, 5.41) is 6.40. The summed E-state index contributed by atoms with van der Waals surface area (Å²) in [6, 6.07) is 10.5. The highest BCUT2D eigenvalue weighted by atomic mass is 32.1. The highest BCUT2D eigenvalue weighted by molar-refractivity contribution is 7.09. The maximum absolute atomic E-state index is 12.7. The van der Waals surface area contributed by atoms with Gasteiger partial charge in [0.15, 0.2) is 0 Å². The molecule has 1 aliphatic rings. The number of aromatic nitrogens is 1. The third-order valence-corrected chi connectivity index (χ3v) is 4.91. The van der Waals surface area contributed by atoms with Crippen molar-refractivity contribution in [1.82, 2.24) is 14.8 Å². The Morgan fingerprint density at radius 1 is 1.38 bits per heavy atom. The lowest BCUT2D eigenvalue weighted by atomic mass is 10.0. The first-order valence-corrected chi connectivity index (χ1v) is 9.20. The van der Waals surface area contributed by atoms with Crippen LogP contribution in [0.3, 0.4) is 0 Å². The van der Waals surface area contributed by atoms with Gasteiger partial charge in [0.1, 0.15) is 10.7 Å². The zero-order valence-electron chi connectivity index (χ0n) is 14.2. The number of hydrogen-bond donors (Lipinski definition) is 1. The van der Waals surface area contributed by atoms with E-state index in [1.807, 2.05) is 42.6 Å². The number of rotatable bonds is 5. The minimum atomic E-state index is 0.0517. The second kappa shape index (κ2) is 7.77. The Bertz CT molecular complexity index is 671. The molecule has 1 aromatic carbocycles. The molecule has 0 radical (unpaired) electrons. The molecule has 1 fully saturated rings. The quantitative estimate of drug-likeness (QED) is 0.906. The Morgan fingerprint density at radius 3 is 2.92 bits per heavy atom. The first-order chi connectivity index (χ1) is 11.6. The number of hydrogen-bond acceptors (Lipinski definition) is 5. The lowest BCUT2D eigenvalue weighted by Gasteiger charge is -2.33. The Hall–Kier alpha value is -1.92. The molecule has 3 rings (SSSR count). The van der Waals surface area contributed by atoms with E-state index in [0.717, 1.165) is 43.2 Å². The number of nitrogens with one attached hydrogen (secondary N) is 1. The minimum absolute atomic E-state index is 0.0517. The molecule has 0 saturated carbocycles. The third-order valence-electron chi connectivity index (χ3n) is 4.08. The monoisotopic (exact) mass is 344 g/mol. The van der Waals surface area contributed by atoms with Crippen molar-refractivity contribution in [2.24, 2.45) is 0 Å². The second-order valence-corrected chi connectivity index (χ2v) is 7.41. The van der Waals surface area contributed by atoms with E-state index in [2.05, 4.69) is 27.3 Å². The van der Waals surface area contributed by atoms with E-state index < -0.39 is 0 Å². The molecule has 1 aromatic heterocycles. The van der Waals surface area contributed by atoms with Gasteiger partial charge in [0.25, 0.3) is 5.91 Å². The Morgan fingerprint density at radius 2 is 2.17 bits per heavy atom. The molecule has 1 N–H and O–H groups in total. The predicted molar refractivity (Wildman–Crippen MR) is 98.5 cm³/mol. The molecule has 6 heteroatoms. The van der Waals surface area contributed by atoms with Gasteiger partial charge in [-0.1, -0.05) is 18.2 Å². The van der Waals surface area contributed by atoms with Crippen LogP contribution in [0.2, 0.25) is 0 Å². The Balaban J connectivity index is 1.61. The van der Waals surface area contributed by atoms with Crippen molar-refractivity contribution < 1.29 is 4.79 Å². The van der Waals surface area contributed by atoms with Gasteiger partial charge in [-0.05, 0) is 39.1 Å². The number of amides is 1. The Kier molecular flexibility index (Phi) is 5.48. The van der Waals surface area contributed by atoms with E-state index >= 15 is 0 Å². The molecule has 128 valence electrons. The zero-order chi connectivity index (χ0) is 16.9. The van der Waals surface area contributed by atoms with Crippen molar-refractivity contribution in [1.29, 1.82) is 0 Å². The van der Waals surface area contributed by atoms with Gasteiger partial charge in [0.2, 0.25) is 0 Å². The molecule has 0 bridgehead atoms. The third kappa shape index (κ3) is 4.33. The molecule has 2 aromatic rings. The molecule has 0 aliphatic carbocycles. The fourth-order valence-corrected chi connectivity index (χ4v) is 3.85. The normalized spacial score (nSPS) is 18.0. The van der Waals surface area contributed by atoms with E-state index in [4.69, 9.17) is 0 Å². The fraction of sp³-hybridized carbons (Fsp3) is 0.444. The molecule has 5 nitrogen and oxygen atoms in total. The fourth-order valence-electron chi connectivity index (χ4n) is 2.96. The summed E-state index contributed by atoms with van der Waals surface area (Å²) >= 11 is 1.56. The first-order valence-electron chi connectivity index (χ1n) is 8.32. The summed E-state index contributed by atoms with van der Waals surface area (Å²) < 4.78 is 0. The van der Waals surface area contributed by atoms with Gasteiger partial charge in [-0.3, -0.25) is 4.79 Å². The predicted octanol–water partition coefficient (Wildman–Crippen LogP) is 2.92. The van der Waals surface area contributed by atoms with Crippen molar-refractivity contribution in [3.05, 3.63) is 46.4 Å². The second-order valence-electron chi connectivity index (χ2n) is 6.46. The van der Waals surface area contributed by atoms with Gasteiger partial charge in [0.05, 0.1) is 0 Å². The van der Waals surface area contributed by atoms with Crippen LogP contribution in [0.4, 0.5) is 5.69 Å². The van der Waals surface area contributed by atoms with Gasteiger partial charge in [-0.15, -0.1) is 11.3 Å². The van der Waals surface area contributed by atoms with Crippen LogP contribution in [0.5, 0.6) is 0 Å². The maximum Gasteiger partial charge on any atom is 0.273 e. The van der Waals surface area contributed by atoms with Crippen LogP contribution in [0.25, 0.3) is 0 Å². The first kappa shape index (κ1) is 16.9. The van der Waals surface area contributed by atoms with Gasteiger partial charge in [-0.2, -0.15) is 0 Å². The lowest BCUT2D eigenvalue weighted by molar-refractivity contribution is 0.0709. The number of benzene rings is 1. The number of anilines is 1. The molecule has 1 amide bonds. The summed E-state index contributed by atoms with van der Waals surface area (Å²) in [5.74, 6) is 0.0517. The summed E-state index contributed by atoms with van der Waals surface area (Å²) in [5.41, 5.74) is 1.69. The van der Waals surface area contributed by atoms with Gasteiger partial charge in [-0.25, -0.2) is 4.98 Å². The van der Waals surface area contributed by atoms with E-state index in [1.165, 1.54) is 0 Å². The summed E-state index contributed by atoms with van der Waals surface area (Å²) in [7, 11) is 4.01. The number of piperidine rings is 1. The summed E-state index contributed by atoms with van der Waals surface area (Å²) in [6.07, 6.45) is 2.10. The average Bonchev–Trinajstić information content (AvgIpc) is 3.03. The van der Waals surface area contributed by atoms with Crippen LogP contribution in [-0.4, -0.2) is 53.9 Å². The van der Waals surface area contributed by atoms with Crippen molar-refractivity contribution in [3.63, 3.8) is 0 Å². The minimum Gasteiger partial charge on any atom is -0.381 e. The maximum atomic E-state index is 12.7. The van der Waals surface area contributed by atoms with Crippen LogP contribution in [-0.2, 0) is 6.54 Å². The molecule has 1 unspecified atom stereocenters. The number of thiazole rings is 1. The van der Waals surface area contributed by atoms with Crippen molar-refractivity contribution >= 4 is 22.9 Å². The SMILES string of the molecule is CN(C)Cc1nc(C(=O)N2CCCC(Nc3ccccc3)C2)cs1. The van der Waals surface area contributed by atoms with Gasteiger partial charge >= 0.3 is 0 Å². The van der Waals surface area contributed by atoms with Gasteiger partial charge in [0, 0.05) is 36.7 Å². The number of nitrogens with zero attached hydrogens (tertiary/aromatic N) is 3. The molecular weight excluding hydrogens is 320 g/mol. The highest BCUT2D eigenvalue weighted by Crippen LogP contribution is 2.19. The van der Waals surface area contributed by atoms with Crippen LogP contribution in [0.1, 0.15) is 28.3 Å². The summed E-state index contributed by atoms with van der Waals surface area (Å²) in [4.78, 5) is 21.2. The zero-order valence-corrected chi connectivity index (χ0v) is 15.1. The van der Waals surface area contributed by atoms with E-state index in [1.54, 1.807) is 11.3 Å². The topological polar surface area (TPSA) is 48.5 Å². The van der Waals surface area contributed by atoms with E-state index in [9.17, 15) is 4.79 Å².